The van der Waals surface area contributed by atoms with Gasteiger partial charge in [0.05, 0.1) is 11.1 Å². The molecule has 1 N–H and O–H groups in total. The van der Waals surface area contributed by atoms with Crippen LogP contribution in [0.3, 0.4) is 0 Å². The standard InChI is InChI=1S/C9H9BrF2OS/c10-7-1-2-8(11)6(9(7)12)5-14-4-3-13/h1-2,13H,3-5H2. The summed E-state index contributed by atoms with van der Waals surface area (Å²) < 4.78 is 26.7. The molecule has 0 atom stereocenters. The number of thioether (sulfide) groups is 1. The molecule has 0 spiro atoms. The van der Waals surface area contributed by atoms with Crippen LogP contribution in [0.25, 0.3) is 0 Å². The lowest BCUT2D eigenvalue weighted by Crippen LogP contribution is -1.96. The van der Waals surface area contributed by atoms with Crippen LogP contribution in [0.2, 0.25) is 0 Å². The van der Waals surface area contributed by atoms with Crippen molar-refractivity contribution in [2.45, 2.75) is 5.75 Å². The number of hydrogen-bond donors (Lipinski definition) is 1. The Labute approximate surface area is 93.6 Å². The second-order valence-electron chi connectivity index (χ2n) is 2.60. The molecule has 0 saturated carbocycles. The second-order valence-corrected chi connectivity index (χ2v) is 4.56. The van der Waals surface area contributed by atoms with Crippen molar-refractivity contribution < 1.29 is 13.9 Å². The average molecular weight is 283 g/mol. The molecule has 0 heterocycles. The minimum Gasteiger partial charge on any atom is -0.396 e. The van der Waals surface area contributed by atoms with Crippen molar-refractivity contribution >= 4 is 27.7 Å². The Morgan fingerprint density at radius 3 is 2.71 bits per heavy atom. The van der Waals surface area contributed by atoms with Gasteiger partial charge in [0.25, 0.3) is 0 Å². The van der Waals surface area contributed by atoms with Gasteiger partial charge in [-0.3, -0.25) is 0 Å². The molecule has 0 amide bonds. The summed E-state index contributed by atoms with van der Waals surface area (Å²) in [5.74, 6) is -0.394. The van der Waals surface area contributed by atoms with E-state index in [1.165, 1.54) is 23.9 Å². The minimum atomic E-state index is -0.560. The van der Waals surface area contributed by atoms with Gasteiger partial charge >= 0.3 is 0 Å². The maximum absolute atomic E-state index is 13.3. The third kappa shape index (κ3) is 2.93. The van der Waals surface area contributed by atoms with E-state index in [2.05, 4.69) is 15.9 Å². The fourth-order valence-corrected chi connectivity index (χ4v) is 2.05. The van der Waals surface area contributed by atoms with E-state index in [1.807, 2.05) is 0 Å². The van der Waals surface area contributed by atoms with Gasteiger partial charge in [0.1, 0.15) is 11.6 Å². The SMILES string of the molecule is OCCSCc1c(F)ccc(Br)c1F. The van der Waals surface area contributed by atoms with Crippen LogP contribution in [0.1, 0.15) is 5.56 Å². The molecule has 0 radical (unpaired) electrons. The number of benzene rings is 1. The summed E-state index contributed by atoms with van der Waals surface area (Å²) in [7, 11) is 0. The maximum atomic E-state index is 13.3. The van der Waals surface area contributed by atoms with Gasteiger partial charge in [-0.15, -0.1) is 0 Å². The molecule has 1 nitrogen and oxygen atoms in total. The molecule has 0 aliphatic rings. The van der Waals surface area contributed by atoms with Gasteiger partial charge in [-0.05, 0) is 28.1 Å². The van der Waals surface area contributed by atoms with Crippen LogP contribution in [-0.4, -0.2) is 17.5 Å². The van der Waals surface area contributed by atoms with Gasteiger partial charge in [-0.25, -0.2) is 8.78 Å². The van der Waals surface area contributed by atoms with Gasteiger partial charge in [-0.2, -0.15) is 11.8 Å². The molecule has 5 heteroatoms. The van der Waals surface area contributed by atoms with Gasteiger partial charge in [0, 0.05) is 17.1 Å². The lowest BCUT2D eigenvalue weighted by Gasteiger charge is -2.05. The van der Waals surface area contributed by atoms with Crippen molar-refractivity contribution in [3.63, 3.8) is 0 Å². The first-order valence-corrected chi connectivity index (χ1v) is 5.92. The lowest BCUT2D eigenvalue weighted by molar-refractivity contribution is 0.322. The Kier molecular flexibility index (Phi) is 4.84. The fraction of sp³-hybridized carbons (Fsp3) is 0.333. The zero-order valence-corrected chi connectivity index (χ0v) is 9.67. The summed E-state index contributed by atoms with van der Waals surface area (Å²) in [5.41, 5.74) is 0.0535. The van der Waals surface area contributed by atoms with Crippen molar-refractivity contribution in [2.24, 2.45) is 0 Å². The Bertz CT molecular complexity index is 320. The van der Waals surface area contributed by atoms with Gasteiger partial charge in [0.15, 0.2) is 0 Å². The molecule has 0 aromatic heterocycles. The number of aliphatic hydroxyl groups excluding tert-OH is 1. The zero-order valence-electron chi connectivity index (χ0n) is 7.27. The summed E-state index contributed by atoms with van der Waals surface area (Å²) in [6.45, 7) is 0.0158. The van der Waals surface area contributed by atoms with Crippen molar-refractivity contribution in [1.29, 1.82) is 0 Å². The highest BCUT2D eigenvalue weighted by atomic mass is 79.9. The van der Waals surface area contributed by atoms with Gasteiger partial charge in [-0.1, -0.05) is 0 Å². The maximum Gasteiger partial charge on any atom is 0.144 e. The van der Waals surface area contributed by atoms with E-state index in [0.717, 1.165) is 0 Å². The first-order valence-electron chi connectivity index (χ1n) is 3.97. The minimum absolute atomic E-state index is 0.0158. The second kappa shape index (κ2) is 5.68. The predicted octanol–water partition coefficient (Wildman–Crippen LogP) is 2.95. The van der Waals surface area contributed by atoms with E-state index >= 15 is 0 Å². The third-order valence-electron chi connectivity index (χ3n) is 1.62. The van der Waals surface area contributed by atoms with Crippen molar-refractivity contribution in [1.82, 2.24) is 0 Å². The Hall–Kier alpha value is -0.130. The summed E-state index contributed by atoms with van der Waals surface area (Å²) in [6.07, 6.45) is 0. The van der Waals surface area contributed by atoms with Crippen LogP contribution >= 0.6 is 27.7 Å². The van der Waals surface area contributed by atoms with Gasteiger partial charge in [0.2, 0.25) is 0 Å². The fourth-order valence-electron chi connectivity index (χ4n) is 0.940. The Balaban J connectivity index is 2.79. The summed E-state index contributed by atoms with van der Waals surface area (Å²) in [6, 6.07) is 2.56. The van der Waals surface area contributed by atoms with Gasteiger partial charge < -0.3 is 5.11 Å². The summed E-state index contributed by atoms with van der Waals surface area (Å²) >= 11 is 4.28. The molecule has 0 aliphatic heterocycles. The highest BCUT2D eigenvalue weighted by Gasteiger charge is 2.11. The highest BCUT2D eigenvalue weighted by Crippen LogP contribution is 2.24. The molecule has 0 unspecified atom stereocenters. The quantitative estimate of drug-likeness (QED) is 0.677. The largest absolute Gasteiger partial charge is 0.396 e. The van der Waals surface area contributed by atoms with Crippen LogP contribution in [0.4, 0.5) is 8.78 Å². The van der Waals surface area contributed by atoms with Crippen molar-refractivity contribution in [3.05, 3.63) is 33.8 Å². The molecule has 1 rings (SSSR count). The molecule has 0 fully saturated rings. The molecular weight excluding hydrogens is 274 g/mol. The van der Waals surface area contributed by atoms with E-state index in [1.54, 1.807) is 0 Å². The Morgan fingerprint density at radius 2 is 2.07 bits per heavy atom. The van der Waals surface area contributed by atoms with Crippen molar-refractivity contribution in [2.75, 3.05) is 12.4 Å². The number of aliphatic hydroxyl groups is 1. The molecule has 78 valence electrons. The Morgan fingerprint density at radius 1 is 1.36 bits per heavy atom. The van der Waals surface area contributed by atoms with E-state index in [4.69, 9.17) is 5.11 Å². The monoisotopic (exact) mass is 282 g/mol. The van der Waals surface area contributed by atoms with Crippen LogP contribution in [0.15, 0.2) is 16.6 Å². The van der Waals surface area contributed by atoms with E-state index in [9.17, 15) is 8.78 Å². The number of hydrogen-bond acceptors (Lipinski definition) is 2. The first kappa shape index (κ1) is 11.9. The number of rotatable bonds is 4. The highest BCUT2D eigenvalue weighted by molar-refractivity contribution is 9.10. The molecule has 0 saturated heterocycles. The predicted molar refractivity (Wildman–Crippen MR) is 57.3 cm³/mol. The molecular formula is C9H9BrF2OS. The lowest BCUT2D eigenvalue weighted by atomic mass is 10.2. The average Bonchev–Trinajstić information content (AvgIpc) is 2.18. The van der Waals surface area contributed by atoms with Crippen LogP contribution in [-0.2, 0) is 5.75 Å². The van der Waals surface area contributed by atoms with E-state index in [-0.39, 0.29) is 22.4 Å². The summed E-state index contributed by atoms with van der Waals surface area (Å²) in [4.78, 5) is 0. The van der Waals surface area contributed by atoms with E-state index < -0.39 is 11.6 Å². The molecule has 0 aliphatic carbocycles. The van der Waals surface area contributed by atoms with Crippen LogP contribution in [0, 0.1) is 11.6 Å². The normalized spacial score (nSPS) is 10.6. The van der Waals surface area contributed by atoms with Crippen LogP contribution < -0.4 is 0 Å². The van der Waals surface area contributed by atoms with E-state index in [0.29, 0.717) is 5.75 Å². The molecule has 1 aromatic carbocycles. The summed E-state index contributed by atoms with van der Waals surface area (Å²) in [5, 5.41) is 8.52. The first-order chi connectivity index (χ1) is 6.66. The van der Waals surface area contributed by atoms with Crippen molar-refractivity contribution in [3.8, 4) is 0 Å². The zero-order chi connectivity index (χ0) is 10.6. The topological polar surface area (TPSA) is 20.2 Å². The molecule has 1 aromatic rings. The third-order valence-corrected chi connectivity index (χ3v) is 3.20. The molecule has 14 heavy (non-hydrogen) atoms. The number of halogens is 3. The van der Waals surface area contributed by atoms with Crippen LogP contribution in [0.5, 0.6) is 0 Å². The smallest absolute Gasteiger partial charge is 0.144 e. The molecule has 0 bridgehead atoms.